The molecule has 1 amide bonds. The minimum absolute atomic E-state index is 0.149. The molecule has 1 aromatic carbocycles. The number of para-hydroxylation sites is 1. The van der Waals surface area contributed by atoms with Crippen molar-refractivity contribution in [2.45, 2.75) is 19.4 Å². The van der Waals surface area contributed by atoms with E-state index in [1.54, 1.807) is 31.3 Å². The van der Waals surface area contributed by atoms with E-state index >= 15 is 0 Å². The second-order valence-corrected chi connectivity index (χ2v) is 5.73. The molecule has 0 saturated carbocycles. The lowest BCUT2D eigenvalue weighted by Gasteiger charge is -2.11. The summed E-state index contributed by atoms with van der Waals surface area (Å²) in [6.45, 7) is 1.75. The third-order valence-electron chi connectivity index (χ3n) is 3.83. The first-order chi connectivity index (χ1) is 12.4. The van der Waals surface area contributed by atoms with E-state index in [-0.39, 0.29) is 12.0 Å². The third kappa shape index (κ3) is 3.77. The summed E-state index contributed by atoms with van der Waals surface area (Å²) in [7, 11) is 0. The van der Waals surface area contributed by atoms with Crippen LogP contribution < -0.4 is 16.6 Å². The Morgan fingerprint density at radius 1 is 1.35 bits per heavy atom. The molecule has 0 bridgehead atoms. The molecular formula is C17H16FN5O3. The second-order valence-electron chi connectivity index (χ2n) is 5.73. The van der Waals surface area contributed by atoms with Gasteiger partial charge in [-0.2, -0.15) is 5.10 Å². The number of nitrogens with zero attached hydrogens (tertiary/aromatic N) is 2. The number of carbonyl (C=O) groups is 1. The number of aromatic amines is 2. The molecule has 2 heterocycles. The summed E-state index contributed by atoms with van der Waals surface area (Å²) in [4.78, 5) is 39.1. The molecule has 3 rings (SSSR count). The molecule has 1 atom stereocenters. The predicted octanol–water partition coefficient (Wildman–Crippen LogP) is 0.808. The number of H-pyrrole nitrogens is 2. The monoisotopic (exact) mass is 357 g/mol. The number of benzene rings is 1. The summed E-state index contributed by atoms with van der Waals surface area (Å²) in [5.74, 6) is -0.801. The number of carbonyl (C=O) groups excluding carboxylic acids is 1. The maximum Gasteiger partial charge on any atom is 0.325 e. The van der Waals surface area contributed by atoms with Crippen molar-refractivity contribution in [2.75, 3.05) is 0 Å². The molecule has 3 N–H and O–H groups in total. The molecule has 9 heteroatoms. The van der Waals surface area contributed by atoms with Crippen LogP contribution in [0.3, 0.4) is 0 Å². The van der Waals surface area contributed by atoms with Crippen molar-refractivity contribution < 1.29 is 9.18 Å². The first-order valence-electron chi connectivity index (χ1n) is 7.84. The van der Waals surface area contributed by atoms with Gasteiger partial charge in [-0.1, -0.05) is 12.1 Å². The van der Waals surface area contributed by atoms with Gasteiger partial charge in [0.15, 0.2) is 0 Å². The average molecular weight is 357 g/mol. The van der Waals surface area contributed by atoms with Crippen molar-refractivity contribution in [3.63, 3.8) is 0 Å². The molecule has 0 radical (unpaired) electrons. The van der Waals surface area contributed by atoms with Crippen molar-refractivity contribution in [3.8, 4) is 5.69 Å². The van der Waals surface area contributed by atoms with Gasteiger partial charge >= 0.3 is 5.69 Å². The van der Waals surface area contributed by atoms with Gasteiger partial charge in [0, 0.05) is 23.5 Å². The lowest BCUT2D eigenvalue weighted by atomic mass is 10.1. The molecule has 8 nitrogen and oxygen atoms in total. The van der Waals surface area contributed by atoms with Crippen molar-refractivity contribution in [1.82, 2.24) is 25.1 Å². The van der Waals surface area contributed by atoms with Gasteiger partial charge in [0.1, 0.15) is 11.5 Å². The lowest BCUT2D eigenvalue weighted by Crippen LogP contribution is -2.32. The van der Waals surface area contributed by atoms with Crippen LogP contribution in [-0.2, 0) is 11.2 Å². The third-order valence-corrected chi connectivity index (χ3v) is 3.83. The minimum atomic E-state index is -0.631. The number of halogens is 1. The van der Waals surface area contributed by atoms with Gasteiger partial charge in [-0.25, -0.2) is 13.9 Å². The van der Waals surface area contributed by atoms with Crippen molar-refractivity contribution in [3.05, 3.63) is 80.6 Å². The summed E-state index contributed by atoms with van der Waals surface area (Å²) in [5, 5.41) is 6.85. The van der Waals surface area contributed by atoms with E-state index in [0.29, 0.717) is 11.3 Å². The maximum absolute atomic E-state index is 13.8. The molecule has 0 aliphatic heterocycles. The Balaban J connectivity index is 1.69. The van der Waals surface area contributed by atoms with Crippen LogP contribution in [-0.4, -0.2) is 25.7 Å². The highest BCUT2D eigenvalue weighted by molar-refractivity contribution is 5.78. The molecule has 0 fully saturated rings. The molecule has 2 aromatic heterocycles. The molecule has 0 aliphatic carbocycles. The highest BCUT2D eigenvalue weighted by Gasteiger charge is 2.14. The summed E-state index contributed by atoms with van der Waals surface area (Å²) >= 11 is 0. The summed E-state index contributed by atoms with van der Waals surface area (Å²) in [6.07, 6.45) is 4.18. The van der Waals surface area contributed by atoms with Gasteiger partial charge in [0.2, 0.25) is 5.91 Å². The Morgan fingerprint density at radius 2 is 2.12 bits per heavy atom. The topological polar surface area (TPSA) is 113 Å². The van der Waals surface area contributed by atoms with Gasteiger partial charge in [-0.3, -0.25) is 14.6 Å². The molecule has 0 unspecified atom stereocenters. The largest absolute Gasteiger partial charge is 0.349 e. The number of rotatable bonds is 5. The minimum Gasteiger partial charge on any atom is -0.349 e. The zero-order chi connectivity index (χ0) is 18.7. The van der Waals surface area contributed by atoms with Crippen LogP contribution in [0.4, 0.5) is 4.39 Å². The first-order valence-corrected chi connectivity index (χ1v) is 7.84. The fraction of sp³-hybridized carbons (Fsp3) is 0.176. The number of amides is 1. The van der Waals surface area contributed by atoms with E-state index in [2.05, 4.69) is 20.4 Å². The smallest absolute Gasteiger partial charge is 0.325 e. The number of nitrogens with one attached hydrogen (secondary N) is 3. The zero-order valence-electron chi connectivity index (χ0n) is 13.8. The van der Waals surface area contributed by atoms with Gasteiger partial charge in [0.05, 0.1) is 18.7 Å². The quantitative estimate of drug-likeness (QED) is 0.627. The Morgan fingerprint density at radius 3 is 2.85 bits per heavy atom. The van der Waals surface area contributed by atoms with Gasteiger partial charge in [-0.15, -0.1) is 0 Å². The lowest BCUT2D eigenvalue weighted by molar-refractivity contribution is -0.121. The standard InChI is InChI=1S/C17H16FN5O3/c1-10(21-15(24)6-11-7-19-17(26)22-16(11)25)12-8-20-23(9-12)14-5-3-2-4-13(14)18/h2-5,7-10H,6H2,1H3,(H,21,24)(H2,19,22,25,26)/t10-/m1/s1. The molecule has 134 valence electrons. The van der Waals surface area contributed by atoms with E-state index in [9.17, 15) is 18.8 Å². The Bertz CT molecular complexity index is 1050. The second kappa shape index (κ2) is 7.18. The van der Waals surface area contributed by atoms with Crippen molar-refractivity contribution in [1.29, 1.82) is 0 Å². The molecular weight excluding hydrogens is 341 g/mol. The normalized spacial score (nSPS) is 11.9. The van der Waals surface area contributed by atoms with Gasteiger partial charge in [-0.05, 0) is 19.1 Å². The average Bonchev–Trinajstić information content (AvgIpc) is 3.08. The highest BCUT2D eigenvalue weighted by Crippen LogP contribution is 2.16. The SMILES string of the molecule is C[C@@H](NC(=O)Cc1c[nH]c(=O)[nH]c1=O)c1cnn(-c2ccccc2F)c1. The number of aromatic nitrogens is 4. The van der Waals surface area contributed by atoms with E-state index in [0.717, 1.165) is 0 Å². The summed E-state index contributed by atoms with van der Waals surface area (Å²) in [6, 6.07) is 5.82. The van der Waals surface area contributed by atoms with E-state index in [1.165, 1.54) is 23.1 Å². The van der Waals surface area contributed by atoms with E-state index in [1.807, 2.05) is 0 Å². The fourth-order valence-electron chi connectivity index (χ4n) is 2.45. The summed E-state index contributed by atoms with van der Waals surface area (Å²) in [5.41, 5.74) is -0.109. The van der Waals surface area contributed by atoms with Crippen LogP contribution in [0.2, 0.25) is 0 Å². The Kier molecular flexibility index (Phi) is 4.78. The molecule has 0 aliphatic rings. The van der Waals surface area contributed by atoms with Crippen molar-refractivity contribution in [2.24, 2.45) is 0 Å². The fourth-order valence-corrected chi connectivity index (χ4v) is 2.45. The number of hydrogen-bond acceptors (Lipinski definition) is 4. The van der Waals surface area contributed by atoms with Gasteiger partial charge < -0.3 is 10.3 Å². The molecule has 3 aromatic rings. The van der Waals surface area contributed by atoms with Crippen molar-refractivity contribution >= 4 is 5.91 Å². The molecule has 0 saturated heterocycles. The van der Waals surface area contributed by atoms with Crippen LogP contribution in [0, 0.1) is 5.82 Å². The highest BCUT2D eigenvalue weighted by atomic mass is 19.1. The van der Waals surface area contributed by atoms with Crippen LogP contribution >= 0.6 is 0 Å². The van der Waals surface area contributed by atoms with E-state index < -0.39 is 29.0 Å². The summed E-state index contributed by atoms with van der Waals surface area (Å²) < 4.78 is 15.2. The zero-order valence-corrected chi connectivity index (χ0v) is 13.8. The Hall–Kier alpha value is -3.49. The van der Waals surface area contributed by atoms with Gasteiger partial charge in [0.25, 0.3) is 5.56 Å². The van der Waals surface area contributed by atoms with Crippen LogP contribution in [0.15, 0.2) is 52.4 Å². The molecule has 0 spiro atoms. The predicted molar refractivity (Wildman–Crippen MR) is 91.5 cm³/mol. The Labute approximate surface area is 146 Å². The first kappa shape index (κ1) is 17.3. The van der Waals surface area contributed by atoms with Crippen LogP contribution in [0.25, 0.3) is 5.69 Å². The van der Waals surface area contributed by atoms with E-state index in [4.69, 9.17) is 0 Å². The van der Waals surface area contributed by atoms with Crippen LogP contribution in [0.5, 0.6) is 0 Å². The number of hydrogen-bond donors (Lipinski definition) is 3. The maximum atomic E-state index is 13.8. The molecule has 26 heavy (non-hydrogen) atoms. The van der Waals surface area contributed by atoms with Crippen LogP contribution in [0.1, 0.15) is 24.1 Å².